The quantitative estimate of drug-likeness (QED) is 0.400. The Hall–Kier alpha value is -1.36. The lowest BCUT2D eigenvalue weighted by Gasteiger charge is -2.01. The molecule has 6 nitrogen and oxygen atoms in total. The molecule has 0 N–H and O–H groups in total. The molecular formula is C5Cl2N6. The van der Waals surface area contributed by atoms with E-state index in [2.05, 4.69) is 15.0 Å². The highest BCUT2D eigenvalue weighted by molar-refractivity contribution is 6.41. The van der Waals surface area contributed by atoms with Crippen molar-refractivity contribution >= 4 is 40.5 Å². The van der Waals surface area contributed by atoms with Crippen LogP contribution in [0.2, 0.25) is 10.0 Å². The van der Waals surface area contributed by atoms with Crippen LogP contribution in [0.1, 0.15) is 0 Å². The molecule has 0 aliphatic carbocycles. The Bertz CT molecular complexity index is 397. The van der Waals surface area contributed by atoms with Gasteiger partial charge in [0.1, 0.15) is 16.5 Å². The predicted octanol–water partition coefficient (Wildman–Crippen LogP) is 2.73. The molecule has 0 bridgehead atoms. The lowest BCUT2D eigenvalue weighted by molar-refractivity contribution is 1.20. The van der Waals surface area contributed by atoms with E-state index in [0.29, 0.717) is 0 Å². The lowest BCUT2D eigenvalue weighted by atomic mass is 10.4. The number of rotatable bonds is 1. The Kier molecular flexibility index (Phi) is 2.67. The van der Waals surface area contributed by atoms with Gasteiger partial charge in [-0.15, -0.1) is 11.5 Å². The molecule has 1 aromatic heterocycles. The van der Waals surface area contributed by atoms with Crippen LogP contribution in [0.3, 0.4) is 0 Å². The maximum Gasteiger partial charge on any atom is 0.196 e. The van der Waals surface area contributed by atoms with Crippen LogP contribution in [0.25, 0.3) is 10.4 Å². The third-order valence-corrected chi connectivity index (χ3v) is 1.86. The van der Waals surface area contributed by atoms with Crippen molar-refractivity contribution in [1.82, 2.24) is 16.5 Å². The molecule has 0 aromatic carbocycles. The number of pyridine rings is 1. The van der Waals surface area contributed by atoms with Gasteiger partial charge in [-0.2, -0.15) is 0 Å². The highest BCUT2D eigenvalue weighted by atomic mass is 35.5. The lowest BCUT2D eigenvalue weighted by Crippen LogP contribution is -1.85. The van der Waals surface area contributed by atoms with Crippen molar-refractivity contribution in [3.05, 3.63) is 20.5 Å². The van der Waals surface area contributed by atoms with Gasteiger partial charge in [-0.25, -0.2) is 4.98 Å². The molecule has 0 atom stereocenters. The van der Waals surface area contributed by atoms with E-state index in [-0.39, 0.29) is 15.9 Å². The zero-order chi connectivity index (χ0) is 10.0. The van der Waals surface area contributed by atoms with Crippen LogP contribution in [0.15, 0.2) is 5.11 Å². The molecule has 1 aromatic rings. The summed E-state index contributed by atoms with van der Waals surface area (Å²) < 4.78 is 0. The number of aromatic nitrogens is 1. The molecule has 0 aliphatic rings. The number of halogens is 2. The summed E-state index contributed by atoms with van der Waals surface area (Å²) in [5, 5.41) is 2.34. The number of azide groups is 1. The van der Waals surface area contributed by atoms with Crippen LogP contribution in [-0.4, -0.2) is 4.98 Å². The summed E-state index contributed by atoms with van der Waals surface area (Å²) >= 11 is 10.8. The summed E-state index contributed by atoms with van der Waals surface area (Å²) in [6, 6.07) is 0. The largest absolute Gasteiger partial charge is 0.222 e. The van der Waals surface area contributed by atoms with Crippen molar-refractivity contribution in [1.29, 1.82) is 0 Å². The molecule has 8 heteroatoms. The monoisotopic (exact) mass is 214 g/mol. The van der Waals surface area contributed by atoms with E-state index in [1.165, 1.54) is 0 Å². The Balaban J connectivity index is 3.49. The minimum atomic E-state index is -0.647. The fraction of sp³-hybridized carbons (Fsp3) is 0. The second kappa shape index (κ2) is 3.57. The normalized spacial score (nSPS) is 9.38. The molecule has 1 rings (SSSR count). The summed E-state index contributed by atoms with van der Waals surface area (Å²) in [7, 11) is 0. The van der Waals surface area contributed by atoms with Crippen molar-refractivity contribution in [2.45, 2.75) is 0 Å². The van der Waals surface area contributed by atoms with Crippen molar-refractivity contribution in [2.24, 2.45) is 5.11 Å². The van der Waals surface area contributed by atoms with Crippen LogP contribution in [-0.2, 0) is 0 Å². The first kappa shape index (κ1) is 9.73. The van der Waals surface area contributed by atoms with Crippen LogP contribution < -0.4 is 11.5 Å². The van der Waals surface area contributed by atoms with Crippen molar-refractivity contribution in [3.8, 4) is 0 Å². The van der Waals surface area contributed by atoms with E-state index < -0.39 is 11.5 Å². The van der Waals surface area contributed by atoms with Gasteiger partial charge in [0.15, 0.2) is 5.82 Å². The van der Waals surface area contributed by atoms with Crippen LogP contribution >= 0.6 is 23.2 Å². The van der Waals surface area contributed by atoms with E-state index in [1.807, 2.05) is 0 Å². The van der Waals surface area contributed by atoms with E-state index in [4.69, 9.17) is 40.2 Å². The van der Waals surface area contributed by atoms with Crippen molar-refractivity contribution < 1.29 is 0 Å². The second-order valence-electron chi connectivity index (χ2n) is 1.93. The van der Waals surface area contributed by atoms with Gasteiger partial charge in [0.05, 0.1) is 5.02 Å². The average molecular weight is 215 g/mol. The minimum absolute atomic E-state index is 0.305. The summed E-state index contributed by atoms with van der Waals surface area (Å²) in [5.74, 6) is -0.977. The molecule has 0 aliphatic heterocycles. The van der Waals surface area contributed by atoms with Gasteiger partial charge in [-0.05, 0) is 10.6 Å². The van der Waals surface area contributed by atoms with Crippen molar-refractivity contribution in [2.75, 3.05) is 0 Å². The van der Waals surface area contributed by atoms with E-state index in [1.54, 1.807) is 0 Å². The fourth-order valence-electron chi connectivity index (χ4n) is 0.615. The predicted molar refractivity (Wildman–Crippen MR) is 46.7 cm³/mol. The SMILES string of the molecule is [N]c1nc(N=[N+]=[N-])c(Cl)c([N])c1Cl. The minimum Gasteiger partial charge on any atom is -0.222 e. The Labute approximate surface area is 83.1 Å². The van der Waals surface area contributed by atoms with Crippen molar-refractivity contribution in [3.63, 3.8) is 0 Å². The van der Waals surface area contributed by atoms with Gasteiger partial charge in [0, 0.05) is 4.91 Å². The second-order valence-corrected chi connectivity index (χ2v) is 2.68. The first-order chi connectivity index (χ1) is 6.07. The third-order valence-electron chi connectivity index (χ3n) is 1.16. The van der Waals surface area contributed by atoms with Gasteiger partial charge in [-0.1, -0.05) is 23.2 Å². The van der Waals surface area contributed by atoms with Gasteiger partial charge >= 0.3 is 0 Å². The number of hydrogen-bond donors (Lipinski definition) is 0. The van der Waals surface area contributed by atoms with Crippen LogP contribution in [0, 0.1) is 0 Å². The number of nitrogens with zero attached hydrogens (tertiary/aromatic N) is 6. The highest BCUT2D eigenvalue weighted by Gasteiger charge is 2.14. The average Bonchev–Trinajstić information content (AvgIpc) is 2.11. The first-order valence-electron chi connectivity index (χ1n) is 2.90. The van der Waals surface area contributed by atoms with Crippen LogP contribution in [0.4, 0.5) is 17.3 Å². The van der Waals surface area contributed by atoms with E-state index in [9.17, 15) is 0 Å². The Morgan fingerprint density at radius 1 is 1.31 bits per heavy atom. The topological polar surface area (TPSA) is 106 Å². The summed E-state index contributed by atoms with van der Waals surface area (Å²) in [6.07, 6.45) is 0. The zero-order valence-electron chi connectivity index (χ0n) is 5.94. The van der Waals surface area contributed by atoms with E-state index >= 15 is 0 Å². The molecule has 0 saturated heterocycles. The van der Waals surface area contributed by atoms with Gasteiger partial charge in [0.25, 0.3) is 0 Å². The maximum absolute atomic E-state index is 9.15. The third kappa shape index (κ3) is 1.70. The fourth-order valence-corrected chi connectivity index (χ4v) is 0.975. The van der Waals surface area contributed by atoms with E-state index in [0.717, 1.165) is 0 Å². The summed E-state index contributed by atoms with van der Waals surface area (Å²) in [4.78, 5) is 5.73. The smallest absolute Gasteiger partial charge is 0.196 e. The van der Waals surface area contributed by atoms with Gasteiger partial charge < -0.3 is 0 Å². The number of hydrogen-bond acceptors (Lipinski definition) is 2. The molecule has 0 spiro atoms. The van der Waals surface area contributed by atoms with Gasteiger partial charge in [0.2, 0.25) is 0 Å². The zero-order valence-corrected chi connectivity index (χ0v) is 7.45. The summed E-state index contributed by atoms with van der Waals surface area (Å²) in [6.45, 7) is 0. The molecule has 0 amide bonds. The molecule has 64 valence electrons. The molecular weight excluding hydrogens is 215 g/mol. The Morgan fingerprint density at radius 3 is 2.46 bits per heavy atom. The molecule has 4 radical (unpaired) electrons. The maximum atomic E-state index is 9.15. The Morgan fingerprint density at radius 2 is 1.92 bits per heavy atom. The molecule has 0 saturated carbocycles. The standard InChI is InChI=1S/C5Cl2N6/c6-1-3(8)2(7)5(12-13-10)11-4(1)9. The first-order valence-corrected chi connectivity index (χ1v) is 3.65. The van der Waals surface area contributed by atoms with Crippen LogP contribution in [0.5, 0.6) is 0 Å². The molecule has 0 unspecified atom stereocenters. The van der Waals surface area contributed by atoms with Gasteiger partial charge in [-0.3, -0.25) is 0 Å². The molecule has 13 heavy (non-hydrogen) atoms. The summed E-state index contributed by atoms with van der Waals surface area (Å²) in [5.41, 5.74) is 25.6. The molecule has 0 fully saturated rings. The highest BCUT2D eigenvalue weighted by Crippen LogP contribution is 2.38. The molecule has 1 heterocycles.